The average Bonchev–Trinajstić information content (AvgIpc) is 3.04. The number of allylic oxidation sites excluding steroid dienone is 3. The van der Waals surface area contributed by atoms with E-state index in [1.54, 1.807) is 5.57 Å². The van der Waals surface area contributed by atoms with Gasteiger partial charge in [-0.15, -0.1) is 0 Å². The van der Waals surface area contributed by atoms with Gasteiger partial charge >= 0.3 is 0 Å². The largest absolute Gasteiger partial charge is 0.393 e. The summed E-state index contributed by atoms with van der Waals surface area (Å²) in [6, 6.07) is 0. The molecule has 4 aliphatic rings. The lowest BCUT2D eigenvalue weighted by Gasteiger charge is -2.55. The number of hydrogen-bond donors (Lipinski definition) is 2. The van der Waals surface area contributed by atoms with Crippen molar-refractivity contribution in [3.63, 3.8) is 0 Å². The number of aliphatic hydroxyl groups excluding tert-OH is 2. The van der Waals surface area contributed by atoms with Crippen LogP contribution in [0.3, 0.4) is 0 Å². The highest BCUT2D eigenvalue weighted by Gasteiger charge is 2.57. The molecule has 2 heteroatoms. The van der Waals surface area contributed by atoms with Crippen molar-refractivity contribution in [2.24, 2.45) is 46.3 Å². The lowest BCUT2D eigenvalue weighted by Crippen LogP contribution is -2.47. The van der Waals surface area contributed by atoms with Crippen LogP contribution in [0.25, 0.3) is 0 Å². The first-order chi connectivity index (χ1) is 14.1. The molecule has 9 atom stereocenters. The predicted molar refractivity (Wildman–Crippen MR) is 125 cm³/mol. The van der Waals surface area contributed by atoms with Gasteiger partial charge in [-0.2, -0.15) is 0 Å². The Hall–Kier alpha value is -0.600. The first kappa shape index (κ1) is 22.6. The van der Waals surface area contributed by atoms with E-state index in [0.29, 0.717) is 40.9 Å². The molecule has 0 aromatic heterocycles. The van der Waals surface area contributed by atoms with Gasteiger partial charge in [-0.1, -0.05) is 64.8 Å². The maximum Gasteiger partial charge on any atom is 0.0578 e. The van der Waals surface area contributed by atoms with Crippen molar-refractivity contribution in [2.75, 3.05) is 0 Å². The Morgan fingerprint density at radius 3 is 2.40 bits per heavy atom. The molecule has 4 aliphatic carbocycles. The fourth-order valence-electron chi connectivity index (χ4n) is 8.02. The third-order valence-electron chi connectivity index (χ3n) is 10.6. The molecule has 0 radical (unpaired) electrons. The van der Waals surface area contributed by atoms with Crippen LogP contribution in [0.5, 0.6) is 0 Å². The third kappa shape index (κ3) is 3.54. The van der Waals surface area contributed by atoms with Gasteiger partial charge in [-0.05, 0) is 97.7 Å². The number of aliphatic hydroxyl groups is 2. The number of fused-ring (bicyclic) bond motifs is 5. The summed E-state index contributed by atoms with van der Waals surface area (Å²) >= 11 is 0. The van der Waals surface area contributed by atoms with Gasteiger partial charge in [0, 0.05) is 0 Å². The number of rotatable bonds is 5. The Labute approximate surface area is 185 Å². The van der Waals surface area contributed by atoms with E-state index in [1.807, 2.05) is 0 Å². The minimum absolute atomic E-state index is 0.139. The van der Waals surface area contributed by atoms with Crippen molar-refractivity contribution >= 4 is 0 Å². The Kier molecular flexibility index (Phi) is 6.08. The van der Waals surface area contributed by atoms with E-state index in [9.17, 15) is 10.2 Å². The molecule has 0 saturated heterocycles. The summed E-state index contributed by atoms with van der Waals surface area (Å²) in [5.41, 5.74) is 3.81. The van der Waals surface area contributed by atoms with Gasteiger partial charge in [-0.3, -0.25) is 0 Å². The van der Waals surface area contributed by atoms with Crippen LogP contribution in [0.2, 0.25) is 0 Å². The molecule has 0 spiro atoms. The zero-order chi connectivity index (χ0) is 21.8. The lowest BCUT2D eigenvalue weighted by atomic mass is 9.50. The second-order valence-electron chi connectivity index (χ2n) is 12.4. The summed E-state index contributed by atoms with van der Waals surface area (Å²) in [7, 11) is 0. The quantitative estimate of drug-likeness (QED) is 0.537. The second kappa shape index (κ2) is 8.07. The van der Waals surface area contributed by atoms with Crippen LogP contribution in [0.15, 0.2) is 23.3 Å². The molecule has 2 nitrogen and oxygen atoms in total. The maximum absolute atomic E-state index is 11.1. The van der Waals surface area contributed by atoms with Crippen molar-refractivity contribution in [2.45, 2.75) is 105 Å². The van der Waals surface area contributed by atoms with Crippen LogP contribution >= 0.6 is 0 Å². The summed E-state index contributed by atoms with van der Waals surface area (Å²) in [5, 5.41) is 21.3. The van der Waals surface area contributed by atoms with Crippen molar-refractivity contribution in [1.29, 1.82) is 0 Å². The van der Waals surface area contributed by atoms with Gasteiger partial charge < -0.3 is 10.2 Å². The average molecular weight is 415 g/mol. The minimum Gasteiger partial charge on any atom is -0.393 e. The zero-order valence-corrected chi connectivity index (χ0v) is 20.3. The van der Waals surface area contributed by atoms with Gasteiger partial charge in [0.1, 0.15) is 0 Å². The molecule has 3 fully saturated rings. The van der Waals surface area contributed by atoms with Crippen LogP contribution in [0, 0.1) is 46.3 Å². The fraction of sp³-hybridized carbons (Fsp3) is 0.857. The highest BCUT2D eigenvalue weighted by molar-refractivity contribution is 5.38. The van der Waals surface area contributed by atoms with Crippen LogP contribution in [0.1, 0.15) is 92.9 Å². The Morgan fingerprint density at radius 2 is 1.70 bits per heavy atom. The molecule has 0 aliphatic heterocycles. The molecule has 3 saturated carbocycles. The standard InChI is InChI=1S/C28H46O2/c1-17(2)18(3)15-26(30)19(4)23-9-10-24-22-8-7-20-16-21(29)11-13-27(20,5)25(22)12-14-28(23,24)6/h7-8,17-19,21,23-26,29-30H,9-16H2,1-6H3/t18-,19-,21-,23?,24?,25?,26-,27-,28+/m0/s1. The first-order valence-corrected chi connectivity index (χ1v) is 12.8. The van der Waals surface area contributed by atoms with Crippen LogP contribution in [-0.4, -0.2) is 22.4 Å². The summed E-state index contributed by atoms with van der Waals surface area (Å²) < 4.78 is 0. The fourth-order valence-corrected chi connectivity index (χ4v) is 8.02. The molecule has 3 unspecified atom stereocenters. The van der Waals surface area contributed by atoms with Crippen molar-refractivity contribution < 1.29 is 10.2 Å². The first-order valence-electron chi connectivity index (χ1n) is 12.8. The molecule has 0 bridgehead atoms. The topological polar surface area (TPSA) is 40.5 Å². The smallest absolute Gasteiger partial charge is 0.0578 e. The third-order valence-corrected chi connectivity index (χ3v) is 10.6. The SMILES string of the molecule is CC(C)[C@@H](C)C[C@H](O)[C@@H](C)C1CCC2C3=CC=C4C[C@@H](O)CC[C@]4(C)C3CC[C@@]21C. The highest BCUT2D eigenvalue weighted by Crippen LogP contribution is 2.66. The van der Waals surface area contributed by atoms with E-state index in [-0.39, 0.29) is 17.6 Å². The van der Waals surface area contributed by atoms with E-state index in [4.69, 9.17) is 0 Å². The second-order valence-corrected chi connectivity index (χ2v) is 12.4. The van der Waals surface area contributed by atoms with Crippen LogP contribution in [0.4, 0.5) is 0 Å². The van der Waals surface area contributed by atoms with E-state index >= 15 is 0 Å². The monoisotopic (exact) mass is 414 g/mol. The molecule has 0 amide bonds. The normalized spacial score (nSPS) is 43.8. The van der Waals surface area contributed by atoms with E-state index < -0.39 is 0 Å². The van der Waals surface area contributed by atoms with E-state index in [1.165, 1.54) is 31.3 Å². The zero-order valence-electron chi connectivity index (χ0n) is 20.3. The predicted octanol–water partition coefficient (Wildman–Crippen LogP) is 6.53. The highest BCUT2D eigenvalue weighted by atomic mass is 16.3. The molecule has 4 rings (SSSR count). The Bertz CT molecular complexity index is 705. The Balaban J connectivity index is 1.55. The molecule has 0 aromatic rings. The van der Waals surface area contributed by atoms with Gasteiger partial charge in [0.05, 0.1) is 12.2 Å². The number of hydrogen-bond acceptors (Lipinski definition) is 2. The summed E-state index contributed by atoms with van der Waals surface area (Å²) in [6.45, 7) is 14.2. The molecular weight excluding hydrogens is 368 g/mol. The van der Waals surface area contributed by atoms with Crippen molar-refractivity contribution in [3.05, 3.63) is 23.3 Å². The Morgan fingerprint density at radius 1 is 0.967 bits per heavy atom. The molecule has 30 heavy (non-hydrogen) atoms. The summed E-state index contributed by atoms with van der Waals surface area (Å²) in [4.78, 5) is 0. The molecular formula is C28H46O2. The van der Waals surface area contributed by atoms with E-state index in [2.05, 4.69) is 53.7 Å². The lowest BCUT2D eigenvalue weighted by molar-refractivity contribution is -0.00814. The van der Waals surface area contributed by atoms with Gasteiger partial charge in [0.15, 0.2) is 0 Å². The minimum atomic E-state index is -0.176. The molecule has 0 aromatic carbocycles. The summed E-state index contributed by atoms with van der Waals surface area (Å²) in [5.74, 6) is 3.58. The van der Waals surface area contributed by atoms with Gasteiger partial charge in [0.2, 0.25) is 0 Å². The summed E-state index contributed by atoms with van der Waals surface area (Å²) in [6.07, 6.45) is 13.6. The van der Waals surface area contributed by atoms with Crippen LogP contribution in [-0.2, 0) is 0 Å². The molecule has 170 valence electrons. The van der Waals surface area contributed by atoms with Gasteiger partial charge in [0.25, 0.3) is 0 Å². The van der Waals surface area contributed by atoms with Crippen molar-refractivity contribution in [3.8, 4) is 0 Å². The molecule has 2 N–H and O–H groups in total. The van der Waals surface area contributed by atoms with Crippen molar-refractivity contribution in [1.82, 2.24) is 0 Å². The van der Waals surface area contributed by atoms with Crippen LogP contribution < -0.4 is 0 Å². The maximum atomic E-state index is 11.1. The molecule has 0 heterocycles. The van der Waals surface area contributed by atoms with Gasteiger partial charge in [-0.25, -0.2) is 0 Å². The van der Waals surface area contributed by atoms with E-state index in [0.717, 1.165) is 25.7 Å².